The van der Waals surface area contributed by atoms with E-state index < -0.39 is 11.7 Å². The Hall–Kier alpha value is -1.82. The molecule has 6 heteroatoms. The van der Waals surface area contributed by atoms with Crippen LogP contribution >= 0.6 is 0 Å². The van der Waals surface area contributed by atoms with Crippen LogP contribution in [-0.4, -0.2) is 16.3 Å². The minimum Gasteiger partial charge on any atom is -0.330 e. The fraction of sp³-hybridized carbons (Fsp3) is 0.308. The summed E-state index contributed by atoms with van der Waals surface area (Å²) in [7, 11) is 1.63. The molecular weight excluding hydrogens is 255 g/mol. The van der Waals surface area contributed by atoms with E-state index in [2.05, 4.69) is 5.10 Å². The van der Waals surface area contributed by atoms with E-state index in [0.717, 1.165) is 6.07 Å². The third kappa shape index (κ3) is 2.78. The molecule has 0 unspecified atom stereocenters. The third-order valence-corrected chi connectivity index (χ3v) is 2.84. The normalized spacial score (nSPS) is 11.8. The highest BCUT2D eigenvalue weighted by Crippen LogP contribution is 2.36. The van der Waals surface area contributed by atoms with E-state index in [1.165, 1.54) is 16.8 Å². The number of hydrogen-bond acceptors (Lipinski definition) is 2. The Bertz CT molecular complexity index is 573. The lowest BCUT2D eigenvalue weighted by atomic mass is 10.0. The number of benzene rings is 1. The van der Waals surface area contributed by atoms with Crippen LogP contribution in [-0.2, 0) is 19.6 Å². The highest BCUT2D eigenvalue weighted by molar-refractivity contribution is 5.65. The second kappa shape index (κ2) is 5.05. The maximum absolute atomic E-state index is 13.0. The predicted molar refractivity (Wildman–Crippen MR) is 66.4 cm³/mol. The predicted octanol–water partition coefficient (Wildman–Crippen LogP) is 2.61. The van der Waals surface area contributed by atoms with Crippen molar-refractivity contribution in [2.45, 2.75) is 12.6 Å². The zero-order chi connectivity index (χ0) is 14.0. The lowest BCUT2D eigenvalue weighted by Gasteiger charge is -2.12. The van der Waals surface area contributed by atoms with Gasteiger partial charge in [0.1, 0.15) is 0 Å². The quantitative estimate of drug-likeness (QED) is 0.930. The first-order chi connectivity index (χ1) is 8.93. The van der Waals surface area contributed by atoms with Crippen LogP contribution in [0.5, 0.6) is 0 Å². The molecule has 1 aromatic heterocycles. The number of alkyl halides is 3. The number of nitrogens with zero attached hydrogens (tertiary/aromatic N) is 2. The molecule has 0 saturated carbocycles. The fourth-order valence-corrected chi connectivity index (χ4v) is 2.00. The van der Waals surface area contributed by atoms with Gasteiger partial charge in [-0.3, -0.25) is 4.68 Å². The average Bonchev–Trinajstić information content (AvgIpc) is 2.70. The molecule has 0 fully saturated rings. The van der Waals surface area contributed by atoms with E-state index in [0.29, 0.717) is 24.4 Å². The number of hydrogen-bond donors (Lipinski definition) is 1. The van der Waals surface area contributed by atoms with E-state index in [1.54, 1.807) is 19.2 Å². The SMILES string of the molecule is Cn1nc(CCN)cc1-c1ccccc1C(F)(F)F. The molecule has 0 atom stereocenters. The van der Waals surface area contributed by atoms with Gasteiger partial charge in [0.2, 0.25) is 0 Å². The summed E-state index contributed by atoms with van der Waals surface area (Å²) in [6.45, 7) is 0.414. The summed E-state index contributed by atoms with van der Waals surface area (Å²) >= 11 is 0. The van der Waals surface area contributed by atoms with Crippen molar-refractivity contribution in [3.63, 3.8) is 0 Å². The molecule has 0 spiro atoms. The summed E-state index contributed by atoms with van der Waals surface area (Å²) in [5.74, 6) is 0. The fourth-order valence-electron chi connectivity index (χ4n) is 2.00. The molecule has 0 saturated heterocycles. The molecular formula is C13H14F3N3. The Morgan fingerprint density at radius 3 is 2.58 bits per heavy atom. The topological polar surface area (TPSA) is 43.8 Å². The Morgan fingerprint density at radius 2 is 1.95 bits per heavy atom. The van der Waals surface area contributed by atoms with E-state index in [9.17, 15) is 13.2 Å². The van der Waals surface area contributed by atoms with Gasteiger partial charge in [0, 0.05) is 19.0 Å². The second-order valence-electron chi connectivity index (χ2n) is 4.23. The Kier molecular flexibility index (Phi) is 3.61. The van der Waals surface area contributed by atoms with Gasteiger partial charge < -0.3 is 5.73 Å². The molecule has 0 aliphatic carbocycles. The molecule has 1 heterocycles. The summed E-state index contributed by atoms with van der Waals surface area (Å²) in [4.78, 5) is 0. The molecule has 2 aromatic rings. The van der Waals surface area contributed by atoms with Crippen LogP contribution in [0, 0.1) is 0 Å². The molecule has 0 amide bonds. The zero-order valence-corrected chi connectivity index (χ0v) is 10.4. The molecule has 2 N–H and O–H groups in total. The van der Waals surface area contributed by atoms with Crippen molar-refractivity contribution < 1.29 is 13.2 Å². The number of rotatable bonds is 3. The Morgan fingerprint density at radius 1 is 1.26 bits per heavy atom. The van der Waals surface area contributed by atoms with Crippen LogP contribution in [0.4, 0.5) is 13.2 Å². The Labute approximate surface area is 108 Å². The van der Waals surface area contributed by atoms with Gasteiger partial charge in [-0.15, -0.1) is 0 Å². The standard InChI is InChI=1S/C13H14F3N3/c1-19-12(8-9(18-19)6-7-17)10-4-2-3-5-11(10)13(14,15)16/h2-5,8H,6-7,17H2,1H3. The molecule has 3 nitrogen and oxygen atoms in total. The maximum atomic E-state index is 13.0. The second-order valence-corrected chi connectivity index (χ2v) is 4.23. The van der Waals surface area contributed by atoms with Gasteiger partial charge in [-0.05, 0) is 18.7 Å². The third-order valence-electron chi connectivity index (χ3n) is 2.84. The van der Waals surface area contributed by atoms with Gasteiger partial charge in [-0.1, -0.05) is 18.2 Å². The zero-order valence-electron chi connectivity index (χ0n) is 10.4. The number of aryl methyl sites for hydroxylation is 1. The number of aromatic nitrogens is 2. The summed E-state index contributed by atoms with van der Waals surface area (Å²) in [5.41, 5.74) is 6.04. The van der Waals surface area contributed by atoms with Crippen LogP contribution in [0.1, 0.15) is 11.3 Å². The average molecular weight is 269 g/mol. The molecule has 0 radical (unpaired) electrons. The molecule has 0 aliphatic rings. The van der Waals surface area contributed by atoms with Crippen molar-refractivity contribution in [1.29, 1.82) is 0 Å². The van der Waals surface area contributed by atoms with Gasteiger partial charge in [0.15, 0.2) is 0 Å². The van der Waals surface area contributed by atoms with Gasteiger partial charge in [0.25, 0.3) is 0 Å². The molecule has 19 heavy (non-hydrogen) atoms. The monoisotopic (exact) mass is 269 g/mol. The van der Waals surface area contributed by atoms with Crippen LogP contribution in [0.3, 0.4) is 0 Å². The lowest BCUT2D eigenvalue weighted by Crippen LogP contribution is -2.08. The van der Waals surface area contributed by atoms with Crippen LogP contribution < -0.4 is 5.73 Å². The molecule has 0 bridgehead atoms. The maximum Gasteiger partial charge on any atom is 0.417 e. The summed E-state index contributed by atoms with van der Waals surface area (Å²) in [6.07, 6.45) is -3.84. The minimum absolute atomic E-state index is 0.133. The highest BCUT2D eigenvalue weighted by Gasteiger charge is 2.34. The number of nitrogens with two attached hydrogens (primary N) is 1. The van der Waals surface area contributed by atoms with Crippen LogP contribution in [0.15, 0.2) is 30.3 Å². The summed E-state index contributed by atoms with van der Waals surface area (Å²) in [5, 5.41) is 4.17. The smallest absolute Gasteiger partial charge is 0.330 e. The first-order valence-corrected chi connectivity index (χ1v) is 5.83. The van der Waals surface area contributed by atoms with Crippen molar-refractivity contribution >= 4 is 0 Å². The molecule has 1 aromatic carbocycles. The van der Waals surface area contributed by atoms with Crippen molar-refractivity contribution in [1.82, 2.24) is 9.78 Å². The number of halogens is 3. The van der Waals surface area contributed by atoms with E-state index in [4.69, 9.17) is 5.73 Å². The Balaban J connectivity index is 2.53. The van der Waals surface area contributed by atoms with Crippen LogP contribution in [0.2, 0.25) is 0 Å². The van der Waals surface area contributed by atoms with E-state index >= 15 is 0 Å². The minimum atomic E-state index is -4.38. The van der Waals surface area contributed by atoms with E-state index in [-0.39, 0.29) is 5.56 Å². The van der Waals surface area contributed by atoms with E-state index in [1.807, 2.05) is 0 Å². The van der Waals surface area contributed by atoms with Crippen LogP contribution in [0.25, 0.3) is 11.3 Å². The lowest BCUT2D eigenvalue weighted by molar-refractivity contribution is -0.137. The first-order valence-electron chi connectivity index (χ1n) is 5.83. The highest BCUT2D eigenvalue weighted by atomic mass is 19.4. The first kappa shape index (κ1) is 13.6. The molecule has 2 rings (SSSR count). The van der Waals surface area contributed by atoms with Gasteiger partial charge in [-0.2, -0.15) is 18.3 Å². The summed E-state index contributed by atoms with van der Waals surface area (Å²) < 4.78 is 40.4. The van der Waals surface area contributed by atoms with Crippen molar-refractivity contribution in [3.05, 3.63) is 41.6 Å². The van der Waals surface area contributed by atoms with Crippen molar-refractivity contribution in [2.24, 2.45) is 12.8 Å². The van der Waals surface area contributed by atoms with Crippen molar-refractivity contribution in [2.75, 3.05) is 6.54 Å². The van der Waals surface area contributed by atoms with Gasteiger partial charge in [-0.25, -0.2) is 0 Å². The van der Waals surface area contributed by atoms with Gasteiger partial charge in [0.05, 0.1) is 17.0 Å². The van der Waals surface area contributed by atoms with Gasteiger partial charge >= 0.3 is 6.18 Å². The molecule has 0 aliphatic heterocycles. The largest absolute Gasteiger partial charge is 0.417 e. The van der Waals surface area contributed by atoms with Crippen molar-refractivity contribution in [3.8, 4) is 11.3 Å². The molecule has 102 valence electrons. The summed E-state index contributed by atoms with van der Waals surface area (Å²) in [6, 6.07) is 7.14.